The molecule has 2 atom stereocenters. The number of carbonyl (C=O) groups excluding carboxylic acids is 2. The zero-order valence-corrected chi connectivity index (χ0v) is 25.1. The van der Waals surface area contributed by atoms with Crippen LogP contribution in [-0.2, 0) is 29.4 Å². The van der Waals surface area contributed by atoms with Crippen LogP contribution in [0.2, 0.25) is 0 Å². The fourth-order valence-electron chi connectivity index (χ4n) is 4.15. The summed E-state index contributed by atoms with van der Waals surface area (Å²) >= 11 is 0. The smallest absolute Gasteiger partial charge is 0.302 e. The topological polar surface area (TPSA) is 141 Å². The molecule has 0 aliphatic rings. The van der Waals surface area contributed by atoms with Crippen LogP contribution in [0.25, 0.3) is 0 Å². The highest BCUT2D eigenvalue weighted by Gasteiger charge is 2.38. The van der Waals surface area contributed by atoms with Crippen LogP contribution in [0.4, 0.5) is 0 Å². The van der Waals surface area contributed by atoms with Crippen molar-refractivity contribution in [3.8, 4) is 11.5 Å². The van der Waals surface area contributed by atoms with Gasteiger partial charge in [0.1, 0.15) is 17.1 Å². The fraction of sp³-hybridized carbons (Fsp3) is 0.394. The summed E-state index contributed by atoms with van der Waals surface area (Å²) in [5.41, 5.74) is 1.67. The highest BCUT2D eigenvalue weighted by Crippen LogP contribution is 2.41. The van der Waals surface area contributed by atoms with E-state index in [-0.39, 0.29) is 51.2 Å². The average Bonchev–Trinajstić information content (AvgIpc) is 3.02. The first-order valence-electron chi connectivity index (χ1n) is 13.9. The van der Waals surface area contributed by atoms with Crippen molar-refractivity contribution in [3.63, 3.8) is 0 Å². The Labute approximate surface area is 252 Å². The maximum Gasteiger partial charge on any atom is 0.302 e. The molecule has 3 rings (SSSR count). The third-order valence-corrected chi connectivity index (χ3v) is 6.39. The Morgan fingerprint density at radius 1 is 0.674 bits per heavy atom. The quantitative estimate of drug-likeness (QED) is 0.175. The van der Waals surface area contributed by atoms with Gasteiger partial charge in [0.25, 0.3) is 0 Å². The van der Waals surface area contributed by atoms with Crippen LogP contribution < -0.4 is 9.47 Å². The van der Waals surface area contributed by atoms with Crippen molar-refractivity contribution < 1.29 is 48.6 Å². The van der Waals surface area contributed by atoms with E-state index in [1.807, 2.05) is 78.9 Å². The van der Waals surface area contributed by atoms with E-state index in [4.69, 9.17) is 29.2 Å². The number of esters is 2. The van der Waals surface area contributed by atoms with Gasteiger partial charge in [-0.15, -0.1) is 0 Å². The second kappa shape index (κ2) is 18.6. The monoisotopic (exact) mass is 598 g/mol. The van der Waals surface area contributed by atoms with Crippen molar-refractivity contribution in [3.05, 3.63) is 95.6 Å². The van der Waals surface area contributed by atoms with Crippen LogP contribution in [0.15, 0.2) is 78.9 Å². The van der Waals surface area contributed by atoms with Crippen LogP contribution in [0.5, 0.6) is 11.5 Å². The van der Waals surface area contributed by atoms with E-state index in [0.29, 0.717) is 0 Å². The Morgan fingerprint density at radius 3 is 1.49 bits per heavy atom. The van der Waals surface area contributed by atoms with E-state index < -0.39 is 17.8 Å². The summed E-state index contributed by atoms with van der Waals surface area (Å²) in [6.45, 7) is 2.68. The lowest BCUT2D eigenvalue weighted by Gasteiger charge is -2.36. The summed E-state index contributed by atoms with van der Waals surface area (Å²) in [7, 11) is 3.25. The lowest BCUT2D eigenvalue weighted by atomic mass is 9.80. The molecule has 10 nitrogen and oxygen atoms in total. The minimum absolute atomic E-state index is 0.0359. The summed E-state index contributed by atoms with van der Waals surface area (Å²) in [5, 5.41) is 27.6. The van der Waals surface area contributed by atoms with E-state index in [0.717, 1.165) is 28.2 Å². The number of hydrogen-bond donors (Lipinski definition) is 3. The first-order chi connectivity index (χ1) is 20.7. The molecule has 0 fully saturated rings. The number of carbonyl (C=O) groups is 2. The van der Waals surface area contributed by atoms with E-state index in [1.165, 1.54) is 13.8 Å². The summed E-state index contributed by atoms with van der Waals surface area (Å²) in [5.74, 6) is 0.720. The normalized spacial score (nSPS) is 12.3. The van der Waals surface area contributed by atoms with Gasteiger partial charge in [-0.1, -0.05) is 54.6 Å². The Kier molecular flexibility index (Phi) is 15.2. The fourth-order valence-corrected chi connectivity index (χ4v) is 4.15. The minimum atomic E-state index is -0.998. The van der Waals surface area contributed by atoms with Gasteiger partial charge in [-0.2, -0.15) is 0 Å². The Hall–Kier alpha value is -3.96. The number of ether oxygens (including phenoxy) is 5. The summed E-state index contributed by atoms with van der Waals surface area (Å²) in [6.07, 6.45) is -1.03. The lowest BCUT2D eigenvalue weighted by Crippen LogP contribution is -2.36. The van der Waals surface area contributed by atoms with Gasteiger partial charge in [0.05, 0.1) is 52.9 Å². The minimum Gasteiger partial charge on any atom is -0.497 e. The van der Waals surface area contributed by atoms with Crippen molar-refractivity contribution in [2.24, 2.45) is 0 Å². The molecule has 0 aliphatic heterocycles. The van der Waals surface area contributed by atoms with Crippen LogP contribution in [0.3, 0.4) is 0 Å². The maximum atomic E-state index is 11.0. The van der Waals surface area contributed by atoms with Gasteiger partial charge in [0.15, 0.2) is 0 Å². The average molecular weight is 599 g/mol. The van der Waals surface area contributed by atoms with E-state index in [9.17, 15) is 14.7 Å². The van der Waals surface area contributed by atoms with Crippen LogP contribution in [0, 0.1) is 0 Å². The van der Waals surface area contributed by atoms with Crippen molar-refractivity contribution in [1.29, 1.82) is 0 Å². The molecule has 10 heteroatoms. The Bertz CT molecular complexity index is 1170. The number of rotatable bonds is 15. The van der Waals surface area contributed by atoms with Crippen molar-refractivity contribution >= 4 is 11.9 Å². The summed E-state index contributed by atoms with van der Waals surface area (Å²) in [6, 6.07) is 25.2. The second-order valence-electron chi connectivity index (χ2n) is 9.56. The predicted octanol–water partition coefficient (Wildman–Crippen LogP) is 3.62. The number of benzene rings is 3. The molecule has 2 unspecified atom stereocenters. The van der Waals surface area contributed by atoms with E-state index in [2.05, 4.69) is 4.74 Å². The van der Waals surface area contributed by atoms with Gasteiger partial charge in [-0.25, -0.2) is 0 Å². The first-order valence-corrected chi connectivity index (χ1v) is 13.9. The summed E-state index contributed by atoms with van der Waals surface area (Å²) in [4.78, 5) is 21.2. The van der Waals surface area contributed by atoms with Gasteiger partial charge < -0.3 is 39.0 Å². The van der Waals surface area contributed by atoms with Gasteiger partial charge >= 0.3 is 11.9 Å². The summed E-state index contributed by atoms with van der Waals surface area (Å²) < 4.78 is 26.7. The first kappa shape index (κ1) is 35.2. The molecule has 0 saturated carbocycles. The highest BCUT2D eigenvalue weighted by atomic mass is 16.5. The largest absolute Gasteiger partial charge is 0.497 e. The van der Waals surface area contributed by atoms with Crippen molar-refractivity contribution in [2.75, 3.05) is 40.6 Å². The highest BCUT2D eigenvalue weighted by molar-refractivity contribution is 5.66. The number of aliphatic hydroxyl groups is 3. The molecular formula is C33H42O10. The second-order valence-corrected chi connectivity index (χ2v) is 9.56. The van der Waals surface area contributed by atoms with Gasteiger partial charge in [-0.3, -0.25) is 9.59 Å². The number of methoxy groups -OCH3 is 2. The molecule has 0 radical (unpaired) electrons. The Morgan fingerprint density at radius 2 is 1.09 bits per heavy atom. The van der Waals surface area contributed by atoms with Gasteiger partial charge in [-0.05, 0) is 41.0 Å². The molecular weight excluding hydrogens is 556 g/mol. The third-order valence-electron chi connectivity index (χ3n) is 6.39. The number of aliphatic hydroxyl groups excluding tert-OH is 3. The van der Waals surface area contributed by atoms with Crippen LogP contribution in [-0.4, -0.2) is 80.1 Å². The van der Waals surface area contributed by atoms with E-state index >= 15 is 0 Å². The molecule has 43 heavy (non-hydrogen) atoms. The molecule has 3 aromatic carbocycles. The van der Waals surface area contributed by atoms with Gasteiger partial charge in [0.2, 0.25) is 0 Å². The lowest BCUT2D eigenvalue weighted by molar-refractivity contribution is -0.142. The molecule has 0 amide bonds. The molecule has 0 aliphatic carbocycles. The van der Waals surface area contributed by atoms with E-state index in [1.54, 1.807) is 14.2 Å². The maximum absolute atomic E-state index is 11.0. The molecule has 0 saturated heterocycles. The number of hydrogen-bond acceptors (Lipinski definition) is 10. The van der Waals surface area contributed by atoms with Gasteiger partial charge in [0, 0.05) is 26.7 Å². The Balaban J connectivity index is 0.000000553. The zero-order chi connectivity index (χ0) is 31.7. The van der Waals surface area contributed by atoms with Crippen LogP contribution in [0.1, 0.15) is 43.4 Å². The third kappa shape index (κ3) is 11.3. The van der Waals surface area contributed by atoms with Crippen LogP contribution >= 0.6 is 0 Å². The van der Waals surface area contributed by atoms with Crippen molar-refractivity contribution in [1.82, 2.24) is 0 Å². The standard InChI is InChI=1S/C27H30O6.C6H12O4/c1-20(28)32-18-17-24(29)19-33-27(21-7-5-4-6-8-21,22-9-13-25(30-2)14-10-22)23-11-15-26(31-3)16-12-23;1-5(8)10-3-2-6(9)4-7/h4-16,24,29H,17-19H2,1-3H3;6-7,9H,2-4H2,1H3. The molecule has 0 bridgehead atoms. The zero-order valence-electron chi connectivity index (χ0n) is 25.1. The van der Waals surface area contributed by atoms with Crippen molar-refractivity contribution in [2.45, 2.75) is 44.5 Å². The molecule has 3 aromatic rings. The molecule has 0 spiro atoms. The SMILES string of the molecule is CC(=O)OCCC(O)CO.COc1ccc(C(OCC(O)CCOC(C)=O)(c2ccccc2)c2ccc(OC)cc2)cc1. The molecule has 234 valence electrons. The predicted molar refractivity (Wildman–Crippen MR) is 160 cm³/mol. The molecule has 0 aromatic heterocycles. The molecule has 0 heterocycles. The molecule has 3 N–H and O–H groups in total.